The van der Waals surface area contributed by atoms with Gasteiger partial charge in [0.15, 0.2) is 0 Å². The first-order chi connectivity index (χ1) is 15.2. The molecule has 0 radical (unpaired) electrons. The Hall–Kier alpha value is -1.07. The summed E-state index contributed by atoms with van der Waals surface area (Å²) < 4.78 is 31.3. The van der Waals surface area contributed by atoms with E-state index in [4.69, 9.17) is 0 Å². The summed E-state index contributed by atoms with van der Waals surface area (Å²) in [4.78, 5) is 0. The summed E-state index contributed by atoms with van der Waals surface area (Å²) in [5.74, 6) is 0.447. The third-order valence-electron chi connectivity index (χ3n) is 6.67. The average Bonchev–Trinajstić information content (AvgIpc) is 3.19. The van der Waals surface area contributed by atoms with E-state index < -0.39 is 25.6 Å². The zero-order chi connectivity index (χ0) is 23.2. The Kier molecular flexibility index (Phi) is 10.1. The Labute approximate surface area is 222 Å². The van der Waals surface area contributed by atoms with Crippen LogP contribution in [0.2, 0.25) is 13.1 Å². The van der Waals surface area contributed by atoms with E-state index in [2.05, 4.69) is 52.9 Å². The van der Waals surface area contributed by atoms with Crippen LogP contribution in [-0.2, 0) is 20.1 Å². The van der Waals surface area contributed by atoms with Gasteiger partial charge in [0.05, 0.1) is 0 Å². The van der Waals surface area contributed by atoms with E-state index in [1.807, 2.05) is 12.1 Å². The molecule has 2 unspecified atom stereocenters. The molecule has 0 aliphatic heterocycles. The van der Waals surface area contributed by atoms with Gasteiger partial charge in [-0.25, -0.2) is 0 Å². The Morgan fingerprint density at radius 1 is 0.706 bits per heavy atom. The first kappa shape index (κ1) is 29.2. The van der Waals surface area contributed by atoms with Crippen LogP contribution in [0.3, 0.4) is 0 Å². The van der Waals surface area contributed by atoms with Crippen LogP contribution in [0.15, 0.2) is 78.5 Å². The number of hydrogen-bond donors (Lipinski definition) is 0. The molecule has 178 valence electrons. The molecular weight excluding hydrogens is 652 g/mol. The first-order valence-corrected chi connectivity index (χ1v) is 22.7. The van der Waals surface area contributed by atoms with E-state index in [1.54, 1.807) is 30.9 Å². The molecule has 2 aromatic rings. The summed E-state index contributed by atoms with van der Waals surface area (Å²) in [5.41, 5.74) is 6.63. The van der Waals surface area contributed by atoms with E-state index in [0.717, 1.165) is 11.1 Å². The van der Waals surface area contributed by atoms with Crippen LogP contribution in [0.4, 0.5) is 8.78 Å². The molecule has 0 nitrogen and oxygen atoms in total. The number of rotatable bonds is 4. The summed E-state index contributed by atoms with van der Waals surface area (Å²) in [5, 5.41) is 0. The Morgan fingerprint density at radius 3 is 1.41 bits per heavy atom. The van der Waals surface area contributed by atoms with Gasteiger partial charge in [0.1, 0.15) is 0 Å². The molecule has 34 heavy (non-hydrogen) atoms. The first-order valence-electron chi connectivity index (χ1n) is 11.2. The Bertz CT molecular complexity index is 1180. The second-order valence-corrected chi connectivity index (χ2v) is 32.6. The molecule has 0 saturated carbocycles. The molecule has 0 amide bonds. The third kappa shape index (κ3) is 5.51. The van der Waals surface area contributed by atoms with Gasteiger partial charge >= 0.3 is 199 Å². The minimum absolute atomic E-state index is 0. The van der Waals surface area contributed by atoms with Crippen LogP contribution in [-0.4, -0.2) is 5.49 Å². The predicted octanol–water partition coefficient (Wildman–Crippen LogP) is 2.16. The fourth-order valence-electron chi connectivity index (χ4n) is 5.34. The molecule has 0 fully saturated rings. The maximum absolute atomic E-state index is 13.9. The maximum Gasteiger partial charge on any atom is -1.00 e. The molecule has 0 spiro atoms. The van der Waals surface area contributed by atoms with Crippen molar-refractivity contribution in [1.82, 2.24) is 0 Å². The van der Waals surface area contributed by atoms with Crippen molar-refractivity contribution in [1.29, 1.82) is 0 Å². The van der Waals surface area contributed by atoms with Crippen LogP contribution in [0, 0.1) is 23.5 Å². The molecule has 2 atom stereocenters. The molecule has 2 aliphatic carbocycles. The van der Waals surface area contributed by atoms with Crippen LogP contribution in [0.5, 0.6) is 0 Å². The smallest absolute Gasteiger partial charge is 1.00 e. The number of benzene rings is 2. The largest absolute Gasteiger partial charge is 1.00 e. The third-order valence-corrected chi connectivity index (χ3v) is 32.7. The molecule has 0 N–H and O–H groups in total. The second-order valence-electron chi connectivity index (χ2n) is 9.21. The fourth-order valence-corrected chi connectivity index (χ4v) is 33.4. The van der Waals surface area contributed by atoms with Crippen molar-refractivity contribution < 1.29 is 53.7 Å². The zero-order valence-corrected chi connectivity index (χ0v) is 26.5. The van der Waals surface area contributed by atoms with Gasteiger partial charge in [-0.3, -0.25) is 0 Å². The van der Waals surface area contributed by atoms with E-state index in [1.165, 1.54) is 34.4 Å². The van der Waals surface area contributed by atoms with Crippen molar-refractivity contribution in [3.05, 3.63) is 101 Å². The zero-order valence-electron chi connectivity index (χ0n) is 20.4. The van der Waals surface area contributed by atoms with E-state index in [-0.39, 0.29) is 36.4 Å². The molecule has 0 aromatic heterocycles. The molecule has 0 heterocycles. The molecule has 2 aliphatic rings. The van der Waals surface area contributed by atoms with E-state index in [0.29, 0.717) is 11.8 Å². The number of hydrogen-bond acceptors (Lipinski definition) is 0. The average molecular weight is 682 g/mol. The van der Waals surface area contributed by atoms with Crippen LogP contribution >= 0.6 is 0 Å². The van der Waals surface area contributed by atoms with Gasteiger partial charge in [-0.15, -0.1) is 0 Å². The summed E-state index contributed by atoms with van der Waals surface area (Å²) in [6.07, 6.45) is 4.71. The van der Waals surface area contributed by atoms with Crippen molar-refractivity contribution >= 4 is 16.6 Å². The molecule has 4 rings (SSSR count). The Morgan fingerprint density at radius 2 is 1.09 bits per heavy atom. The fraction of sp³-hybridized carbons (Fsp3) is 0.286. The van der Waals surface area contributed by atoms with Crippen molar-refractivity contribution in [3.8, 4) is 0 Å². The Balaban J connectivity index is 0.00000204. The predicted molar refractivity (Wildman–Crippen MR) is 130 cm³/mol. The molecule has 0 bridgehead atoms. The number of halogens is 4. The SMILES string of the molecule is CC1=[C]([Hf+2]([C]2=C(C)C(c3cccc(F)c3)=CC2C)=[Si](C)C)C(C)C=C1c1cccc(F)c1.[Cl-].[Cl-]. The van der Waals surface area contributed by atoms with Crippen molar-refractivity contribution in [2.75, 3.05) is 0 Å². The van der Waals surface area contributed by atoms with Gasteiger partial charge in [-0.2, -0.15) is 0 Å². The van der Waals surface area contributed by atoms with E-state index >= 15 is 0 Å². The minimum atomic E-state index is -2.39. The molecule has 2 aromatic carbocycles. The topological polar surface area (TPSA) is 0 Å². The standard InChI is InChI=1S/2C13H12F.C2H6Si.2ClH.Hf/c2*1-9-6-10(2)13(7-9)11-4-3-5-12(14)8-11;1-3-2;;;/h2*3-5,7-9H,1-2H3;1-2H3;2*1H;/q;;;;;+2/p-2. The summed E-state index contributed by atoms with van der Waals surface area (Å²) in [7, 11) is 0. The van der Waals surface area contributed by atoms with Crippen LogP contribution in [0.1, 0.15) is 38.8 Å². The molecule has 0 saturated heterocycles. The van der Waals surface area contributed by atoms with E-state index in [9.17, 15) is 8.78 Å². The quantitative estimate of drug-likeness (QED) is 0.435. The molecular formula is C28H30Cl2F2HfSi. The van der Waals surface area contributed by atoms with Crippen LogP contribution in [0.25, 0.3) is 11.1 Å². The van der Waals surface area contributed by atoms with Crippen LogP contribution < -0.4 is 24.8 Å². The normalized spacial score (nSPS) is 19.1. The molecule has 6 heteroatoms. The monoisotopic (exact) mass is 682 g/mol. The van der Waals surface area contributed by atoms with Crippen molar-refractivity contribution in [2.24, 2.45) is 11.8 Å². The summed E-state index contributed by atoms with van der Waals surface area (Å²) >= 11 is -2.39. The van der Waals surface area contributed by atoms with Gasteiger partial charge in [0.25, 0.3) is 0 Å². The number of allylic oxidation sites excluding steroid dienone is 8. The summed E-state index contributed by atoms with van der Waals surface area (Å²) in [6, 6.07) is 14.0. The van der Waals surface area contributed by atoms with Gasteiger partial charge < -0.3 is 24.8 Å². The summed E-state index contributed by atoms with van der Waals surface area (Å²) in [6.45, 7) is 14.1. The second kappa shape index (κ2) is 11.8. The van der Waals surface area contributed by atoms with Gasteiger partial charge in [-0.05, 0) is 0 Å². The maximum atomic E-state index is 13.9. The van der Waals surface area contributed by atoms with Crippen molar-refractivity contribution in [2.45, 2.75) is 40.8 Å². The van der Waals surface area contributed by atoms with Gasteiger partial charge in [0.2, 0.25) is 0 Å². The van der Waals surface area contributed by atoms with Gasteiger partial charge in [0, 0.05) is 0 Å². The van der Waals surface area contributed by atoms with Crippen molar-refractivity contribution in [3.63, 3.8) is 0 Å². The minimum Gasteiger partial charge on any atom is -1.00 e. The van der Waals surface area contributed by atoms with Gasteiger partial charge in [-0.1, -0.05) is 0 Å².